The van der Waals surface area contributed by atoms with Gasteiger partial charge in [0, 0.05) is 24.2 Å². The first-order valence-electron chi connectivity index (χ1n) is 10.4. The highest BCUT2D eigenvalue weighted by Gasteiger charge is 2.34. The van der Waals surface area contributed by atoms with Crippen LogP contribution in [-0.4, -0.2) is 30.9 Å². The molecule has 0 radical (unpaired) electrons. The number of fused-ring (bicyclic) bond motifs is 1. The summed E-state index contributed by atoms with van der Waals surface area (Å²) in [6.45, 7) is 2.04. The summed E-state index contributed by atoms with van der Waals surface area (Å²) in [5.74, 6) is 1.09. The summed E-state index contributed by atoms with van der Waals surface area (Å²) in [6.07, 6.45) is 3.22. The summed E-state index contributed by atoms with van der Waals surface area (Å²) in [6, 6.07) is 11.0. The molecule has 0 amide bonds. The number of ether oxygens (including phenoxy) is 4. The highest BCUT2D eigenvalue weighted by molar-refractivity contribution is 5.56. The predicted octanol–water partition coefficient (Wildman–Crippen LogP) is 2.84. The van der Waals surface area contributed by atoms with Crippen molar-refractivity contribution in [3.8, 4) is 29.1 Å². The van der Waals surface area contributed by atoms with Gasteiger partial charge in [0.05, 0.1) is 39.4 Å². The summed E-state index contributed by atoms with van der Waals surface area (Å²) in [4.78, 5) is 17.9. The number of nitrogens with two attached hydrogens (primary N) is 1. The van der Waals surface area contributed by atoms with E-state index in [1.807, 2.05) is 6.92 Å². The first-order chi connectivity index (χ1) is 16.4. The molecule has 1 unspecified atom stereocenters. The topological polar surface area (TPSA) is 122 Å². The maximum absolute atomic E-state index is 13.8. The third-order valence-electron chi connectivity index (χ3n) is 5.79. The van der Waals surface area contributed by atoms with E-state index >= 15 is 0 Å². The van der Waals surface area contributed by atoms with E-state index < -0.39 is 5.92 Å². The smallest absolute Gasteiger partial charge is 0.259 e. The number of nitrogens with zero attached hydrogens (tertiary/aromatic N) is 3. The molecule has 174 valence electrons. The van der Waals surface area contributed by atoms with Crippen LogP contribution in [0.15, 0.2) is 59.0 Å². The first kappa shape index (κ1) is 22.7. The molecule has 2 N–H and O–H groups in total. The van der Waals surface area contributed by atoms with Crippen molar-refractivity contribution in [2.45, 2.75) is 19.4 Å². The van der Waals surface area contributed by atoms with Crippen molar-refractivity contribution in [3.05, 3.63) is 86.9 Å². The summed E-state index contributed by atoms with van der Waals surface area (Å²) >= 11 is 0. The van der Waals surface area contributed by atoms with Gasteiger partial charge in [-0.2, -0.15) is 5.26 Å². The van der Waals surface area contributed by atoms with Crippen molar-refractivity contribution in [2.24, 2.45) is 5.73 Å². The van der Waals surface area contributed by atoms with Crippen LogP contribution in [0.25, 0.3) is 0 Å². The van der Waals surface area contributed by atoms with E-state index in [0.29, 0.717) is 34.3 Å². The Hall–Kier alpha value is -4.45. The molecular formula is C25H24N4O5. The summed E-state index contributed by atoms with van der Waals surface area (Å²) in [7, 11) is 4.60. The van der Waals surface area contributed by atoms with E-state index in [1.54, 1.807) is 47.3 Å². The van der Waals surface area contributed by atoms with Crippen molar-refractivity contribution >= 4 is 0 Å². The normalized spacial score (nSPS) is 14.6. The fourth-order valence-electron chi connectivity index (χ4n) is 4.18. The number of rotatable bonds is 6. The van der Waals surface area contributed by atoms with Gasteiger partial charge in [-0.25, -0.2) is 0 Å². The van der Waals surface area contributed by atoms with Gasteiger partial charge in [-0.05, 0) is 42.3 Å². The largest absolute Gasteiger partial charge is 0.493 e. The minimum absolute atomic E-state index is 0.0158. The van der Waals surface area contributed by atoms with E-state index in [-0.39, 0.29) is 23.6 Å². The molecule has 0 spiro atoms. The molecule has 1 aliphatic rings. The van der Waals surface area contributed by atoms with E-state index in [4.69, 9.17) is 24.7 Å². The molecule has 0 fully saturated rings. The van der Waals surface area contributed by atoms with Crippen molar-refractivity contribution in [3.63, 3.8) is 0 Å². The van der Waals surface area contributed by atoms with Gasteiger partial charge < -0.3 is 29.2 Å². The maximum Gasteiger partial charge on any atom is 0.259 e. The highest BCUT2D eigenvalue weighted by atomic mass is 16.5. The molecule has 3 heterocycles. The average Bonchev–Trinajstić information content (AvgIpc) is 2.85. The highest BCUT2D eigenvalue weighted by Crippen LogP contribution is 2.41. The standard InChI is InChI=1S/C25H24N4O5/c1-14-9-18-22(21(16-5-7-28-8-6-16)17(12-26)24(27)34-18)25(30)29(14)13-15-10-19(31-2)23(33-4)20(11-15)32-3/h5-11,21H,13,27H2,1-4H3. The molecule has 1 aromatic carbocycles. The third-order valence-corrected chi connectivity index (χ3v) is 5.79. The number of allylic oxidation sites excluding steroid dienone is 1. The van der Waals surface area contributed by atoms with Gasteiger partial charge in [-0.3, -0.25) is 9.78 Å². The second kappa shape index (κ2) is 9.19. The van der Waals surface area contributed by atoms with Crippen LogP contribution in [0.4, 0.5) is 0 Å². The SMILES string of the molecule is COc1cc(Cn2c(C)cc3c(c2=O)C(c2ccncc2)C(C#N)=C(N)O3)cc(OC)c1OC. The molecule has 0 saturated carbocycles. The van der Waals surface area contributed by atoms with Crippen LogP contribution in [0.5, 0.6) is 23.0 Å². The van der Waals surface area contributed by atoms with Gasteiger partial charge in [0.2, 0.25) is 11.6 Å². The Bertz CT molecular complexity index is 1350. The zero-order valence-corrected chi connectivity index (χ0v) is 19.3. The number of pyridine rings is 2. The van der Waals surface area contributed by atoms with Gasteiger partial charge in [-0.1, -0.05) is 0 Å². The van der Waals surface area contributed by atoms with E-state index in [2.05, 4.69) is 11.1 Å². The number of nitriles is 1. The lowest BCUT2D eigenvalue weighted by Crippen LogP contribution is -2.33. The molecule has 0 saturated heterocycles. The Morgan fingerprint density at radius 1 is 1.12 bits per heavy atom. The third kappa shape index (κ3) is 3.79. The van der Waals surface area contributed by atoms with Crippen LogP contribution in [-0.2, 0) is 6.54 Å². The fraction of sp³-hybridized carbons (Fsp3) is 0.240. The Morgan fingerprint density at radius 3 is 2.32 bits per heavy atom. The molecule has 3 aromatic rings. The molecule has 1 atom stereocenters. The zero-order chi connectivity index (χ0) is 24.4. The Morgan fingerprint density at radius 2 is 1.76 bits per heavy atom. The zero-order valence-electron chi connectivity index (χ0n) is 19.3. The van der Waals surface area contributed by atoms with Crippen LogP contribution in [0.1, 0.15) is 28.3 Å². The van der Waals surface area contributed by atoms with Gasteiger partial charge >= 0.3 is 0 Å². The average molecular weight is 460 g/mol. The molecule has 1 aliphatic heterocycles. The van der Waals surface area contributed by atoms with Crippen molar-refractivity contribution in [1.82, 2.24) is 9.55 Å². The molecule has 9 heteroatoms. The summed E-state index contributed by atoms with van der Waals surface area (Å²) < 4.78 is 23.6. The lowest BCUT2D eigenvalue weighted by Gasteiger charge is -2.27. The molecule has 2 aromatic heterocycles. The molecule has 4 rings (SSSR count). The minimum atomic E-state index is -0.670. The fourth-order valence-corrected chi connectivity index (χ4v) is 4.18. The van der Waals surface area contributed by atoms with Gasteiger partial charge in [0.15, 0.2) is 11.5 Å². The van der Waals surface area contributed by atoms with Crippen molar-refractivity contribution < 1.29 is 18.9 Å². The van der Waals surface area contributed by atoms with Gasteiger partial charge in [0.25, 0.3) is 5.56 Å². The summed E-state index contributed by atoms with van der Waals surface area (Å²) in [5.41, 5.74) is 8.45. The minimum Gasteiger partial charge on any atom is -0.493 e. The lowest BCUT2D eigenvalue weighted by molar-refractivity contribution is 0.323. The van der Waals surface area contributed by atoms with Crippen molar-refractivity contribution in [1.29, 1.82) is 5.26 Å². The monoisotopic (exact) mass is 460 g/mol. The number of benzene rings is 1. The van der Waals surface area contributed by atoms with Crippen LogP contribution < -0.4 is 30.2 Å². The van der Waals surface area contributed by atoms with Gasteiger partial charge in [-0.15, -0.1) is 0 Å². The van der Waals surface area contributed by atoms with E-state index in [1.165, 1.54) is 21.3 Å². The maximum atomic E-state index is 13.8. The Balaban J connectivity index is 1.89. The number of hydrogen-bond donors (Lipinski definition) is 1. The Kier molecular flexibility index (Phi) is 6.15. The Labute approximate surface area is 196 Å². The first-order valence-corrected chi connectivity index (χ1v) is 10.4. The number of aryl methyl sites for hydroxylation is 1. The lowest BCUT2D eigenvalue weighted by atomic mass is 9.84. The van der Waals surface area contributed by atoms with E-state index in [0.717, 1.165) is 11.1 Å². The van der Waals surface area contributed by atoms with E-state index in [9.17, 15) is 10.1 Å². The number of aromatic nitrogens is 2. The molecule has 0 aliphatic carbocycles. The van der Waals surface area contributed by atoms with Crippen LogP contribution in [0, 0.1) is 18.3 Å². The quantitative estimate of drug-likeness (QED) is 0.596. The predicted molar refractivity (Wildman–Crippen MR) is 124 cm³/mol. The van der Waals surface area contributed by atoms with Crippen molar-refractivity contribution in [2.75, 3.05) is 21.3 Å². The van der Waals surface area contributed by atoms with Crippen LogP contribution in [0.2, 0.25) is 0 Å². The van der Waals surface area contributed by atoms with Gasteiger partial charge in [0.1, 0.15) is 17.4 Å². The molecule has 34 heavy (non-hydrogen) atoms. The van der Waals surface area contributed by atoms with Crippen LogP contribution in [0.3, 0.4) is 0 Å². The molecule has 9 nitrogen and oxygen atoms in total. The second-order valence-electron chi connectivity index (χ2n) is 7.69. The van der Waals surface area contributed by atoms with Crippen LogP contribution >= 0.6 is 0 Å². The molecular weight excluding hydrogens is 436 g/mol. The number of methoxy groups -OCH3 is 3. The summed E-state index contributed by atoms with van der Waals surface area (Å²) in [5, 5.41) is 9.80. The molecule has 0 bridgehead atoms. The number of hydrogen-bond acceptors (Lipinski definition) is 8. The second-order valence-corrected chi connectivity index (χ2v) is 7.69.